The Morgan fingerprint density at radius 3 is 2.29 bits per heavy atom. The van der Waals surface area contributed by atoms with E-state index in [0.29, 0.717) is 6.42 Å². The first-order valence-electron chi connectivity index (χ1n) is 5.88. The van der Waals surface area contributed by atoms with Crippen molar-refractivity contribution in [2.45, 2.75) is 44.0 Å². The van der Waals surface area contributed by atoms with Crippen LogP contribution in [0.3, 0.4) is 0 Å². The Morgan fingerprint density at radius 1 is 1.18 bits per heavy atom. The number of sulfone groups is 2. The van der Waals surface area contributed by atoms with Gasteiger partial charge >= 0.3 is 0 Å². The van der Waals surface area contributed by atoms with Crippen molar-refractivity contribution in [3.8, 4) is 0 Å². The summed E-state index contributed by atoms with van der Waals surface area (Å²) in [7, 11) is -6.88. The molecule has 17 heavy (non-hydrogen) atoms. The highest BCUT2D eigenvalue weighted by Gasteiger charge is 2.43. The third-order valence-corrected chi connectivity index (χ3v) is 7.20. The first-order chi connectivity index (χ1) is 7.78. The minimum Gasteiger partial charge on any atom is -0.391 e. The van der Waals surface area contributed by atoms with Gasteiger partial charge in [-0.25, -0.2) is 16.8 Å². The van der Waals surface area contributed by atoms with Crippen LogP contribution >= 0.6 is 0 Å². The molecule has 1 rings (SSSR count). The van der Waals surface area contributed by atoms with Gasteiger partial charge in [0.15, 0.2) is 19.7 Å². The van der Waals surface area contributed by atoms with Crippen molar-refractivity contribution in [1.29, 1.82) is 0 Å². The molecule has 1 aliphatic rings. The Kier molecular flexibility index (Phi) is 4.97. The third-order valence-electron chi connectivity index (χ3n) is 3.02. The molecule has 0 aromatic heterocycles. The molecule has 1 fully saturated rings. The molecule has 0 aromatic rings. The lowest BCUT2D eigenvalue weighted by atomic mass is 10.2. The van der Waals surface area contributed by atoms with Gasteiger partial charge in [-0.15, -0.1) is 0 Å². The Bertz CT molecular complexity index is 437. The molecule has 0 radical (unpaired) electrons. The molecule has 5 nitrogen and oxygen atoms in total. The summed E-state index contributed by atoms with van der Waals surface area (Å²) in [5, 5.41) is 8.39. The average molecular weight is 284 g/mol. The standard InChI is InChI=1S/C10H20O5S2/c1-2-3-4-5-6-17(14,15)10-8-16(12,13)7-9(10)11/h9-11H,2-8H2,1H3. The first kappa shape index (κ1) is 14.9. The summed E-state index contributed by atoms with van der Waals surface area (Å²) in [5.74, 6) is -0.875. The van der Waals surface area contributed by atoms with Crippen molar-refractivity contribution in [2.24, 2.45) is 0 Å². The largest absolute Gasteiger partial charge is 0.391 e. The summed E-state index contributed by atoms with van der Waals surface area (Å²) in [6, 6.07) is 0. The Hall–Kier alpha value is -0.140. The Labute approximate surface area is 103 Å². The molecule has 1 heterocycles. The summed E-state index contributed by atoms with van der Waals surface area (Å²) in [6.45, 7) is 2.03. The van der Waals surface area contributed by atoms with Crippen molar-refractivity contribution in [2.75, 3.05) is 17.3 Å². The number of rotatable bonds is 6. The fourth-order valence-corrected chi connectivity index (χ4v) is 6.69. The number of aliphatic hydroxyl groups excluding tert-OH is 1. The zero-order chi connectivity index (χ0) is 13.1. The third kappa shape index (κ3) is 4.22. The zero-order valence-corrected chi connectivity index (χ0v) is 11.6. The maximum Gasteiger partial charge on any atom is 0.156 e. The quantitative estimate of drug-likeness (QED) is 0.701. The molecule has 0 bridgehead atoms. The summed E-state index contributed by atoms with van der Waals surface area (Å²) < 4.78 is 46.2. The SMILES string of the molecule is CCCCCCS(=O)(=O)C1CS(=O)(=O)CC1O. The molecule has 1 N–H and O–H groups in total. The van der Waals surface area contributed by atoms with Gasteiger partial charge in [0, 0.05) is 0 Å². The summed E-state index contributed by atoms with van der Waals surface area (Å²) >= 11 is 0. The highest BCUT2D eigenvalue weighted by molar-refractivity contribution is 7.96. The van der Waals surface area contributed by atoms with Gasteiger partial charge in [0.25, 0.3) is 0 Å². The fraction of sp³-hybridized carbons (Fsp3) is 1.00. The van der Waals surface area contributed by atoms with Crippen molar-refractivity contribution in [3.05, 3.63) is 0 Å². The lowest BCUT2D eigenvalue weighted by molar-refractivity contribution is 0.204. The number of hydrogen-bond donors (Lipinski definition) is 1. The molecular formula is C10H20O5S2. The predicted molar refractivity (Wildman–Crippen MR) is 66.4 cm³/mol. The molecule has 0 aromatic carbocycles. The monoisotopic (exact) mass is 284 g/mol. The molecule has 2 unspecified atom stereocenters. The van der Waals surface area contributed by atoms with Crippen molar-refractivity contribution >= 4 is 19.7 Å². The zero-order valence-electron chi connectivity index (χ0n) is 10.0. The van der Waals surface area contributed by atoms with E-state index in [4.69, 9.17) is 0 Å². The van der Waals surface area contributed by atoms with E-state index in [2.05, 4.69) is 0 Å². The van der Waals surface area contributed by atoms with Crippen molar-refractivity contribution in [3.63, 3.8) is 0 Å². The van der Waals surface area contributed by atoms with Crippen LogP contribution in [0.2, 0.25) is 0 Å². The molecule has 1 aliphatic heterocycles. The molecule has 7 heteroatoms. The van der Waals surface area contributed by atoms with Gasteiger partial charge in [-0.2, -0.15) is 0 Å². The van der Waals surface area contributed by atoms with Gasteiger partial charge in [0.1, 0.15) is 5.25 Å². The predicted octanol–water partition coefficient (Wildman–Crippen LogP) is 0.139. The van der Waals surface area contributed by atoms with Gasteiger partial charge in [-0.3, -0.25) is 0 Å². The maximum absolute atomic E-state index is 11.9. The van der Waals surface area contributed by atoms with Gasteiger partial charge in [0.2, 0.25) is 0 Å². The first-order valence-corrected chi connectivity index (χ1v) is 9.42. The molecule has 0 amide bonds. The topological polar surface area (TPSA) is 88.5 Å². The van der Waals surface area contributed by atoms with Crippen molar-refractivity contribution in [1.82, 2.24) is 0 Å². The maximum atomic E-state index is 11.9. The van der Waals surface area contributed by atoms with Crippen LogP contribution in [0.5, 0.6) is 0 Å². The van der Waals surface area contributed by atoms with E-state index >= 15 is 0 Å². The average Bonchev–Trinajstić information content (AvgIpc) is 2.48. The van der Waals surface area contributed by atoms with Gasteiger partial charge in [-0.05, 0) is 6.42 Å². The van der Waals surface area contributed by atoms with Gasteiger partial charge in [-0.1, -0.05) is 26.2 Å². The summed E-state index contributed by atoms with van der Waals surface area (Å²) in [6.07, 6.45) is 2.10. The highest BCUT2D eigenvalue weighted by Crippen LogP contribution is 2.21. The van der Waals surface area contributed by atoms with E-state index in [-0.39, 0.29) is 5.75 Å². The van der Waals surface area contributed by atoms with E-state index in [1.807, 2.05) is 6.92 Å². The van der Waals surface area contributed by atoms with E-state index in [0.717, 1.165) is 19.3 Å². The smallest absolute Gasteiger partial charge is 0.156 e. The molecule has 0 spiro atoms. The summed E-state index contributed by atoms with van der Waals surface area (Å²) in [4.78, 5) is 0. The molecule has 0 aliphatic carbocycles. The number of hydrogen-bond acceptors (Lipinski definition) is 5. The van der Waals surface area contributed by atoms with Crippen LogP contribution in [-0.4, -0.2) is 50.6 Å². The van der Waals surface area contributed by atoms with Gasteiger partial charge < -0.3 is 5.11 Å². The lowest BCUT2D eigenvalue weighted by Crippen LogP contribution is -2.34. The molecule has 1 saturated heterocycles. The van der Waals surface area contributed by atoms with Crippen LogP contribution in [-0.2, 0) is 19.7 Å². The second kappa shape index (κ2) is 5.67. The molecule has 102 valence electrons. The van der Waals surface area contributed by atoms with Crippen LogP contribution in [0.15, 0.2) is 0 Å². The van der Waals surface area contributed by atoms with Crippen LogP contribution in [0.25, 0.3) is 0 Å². The molecule has 2 atom stereocenters. The number of unbranched alkanes of at least 4 members (excludes halogenated alkanes) is 3. The fourth-order valence-electron chi connectivity index (χ4n) is 2.02. The van der Waals surface area contributed by atoms with Crippen molar-refractivity contribution < 1.29 is 21.9 Å². The Morgan fingerprint density at radius 2 is 1.82 bits per heavy atom. The van der Waals surface area contributed by atoms with Gasteiger partial charge in [0.05, 0.1) is 23.4 Å². The second-order valence-electron chi connectivity index (χ2n) is 4.61. The van der Waals surface area contributed by atoms with E-state index in [1.165, 1.54) is 0 Å². The van der Waals surface area contributed by atoms with Crippen LogP contribution < -0.4 is 0 Å². The Balaban J connectivity index is 2.59. The normalized spacial score (nSPS) is 28.4. The minimum atomic E-state index is -3.49. The molecular weight excluding hydrogens is 264 g/mol. The highest BCUT2D eigenvalue weighted by atomic mass is 32.2. The van der Waals surface area contributed by atoms with E-state index < -0.39 is 42.5 Å². The van der Waals surface area contributed by atoms with Crippen LogP contribution in [0.4, 0.5) is 0 Å². The van der Waals surface area contributed by atoms with E-state index in [1.54, 1.807) is 0 Å². The lowest BCUT2D eigenvalue weighted by Gasteiger charge is -2.13. The van der Waals surface area contributed by atoms with E-state index in [9.17, 15) is 21.9 Å². The summed E-state index contributed by atoms with van der Waals surface area (Å²) in [5.41, 5.74) is 0. The molecule has 0 saturated carbocycles. The van der Waals surface area contributed by atoms with Crippen LogP contribution in [0.1, 0.15) is 32.6 Å². The second-order valence-corrected chi connectivity index (χ2v) is 9.10. The minimum absolute atomic E-state index is 0.0236. The van der Waals surface area contributed by atoms with Crippen LogP contribution in [0, 0.1) is 0 Å². The number of aliphatic hydroxyl groups is 1.